The molecular weight excluding hydrogens is 240 g/mol. The van der Waals surface area contributed by atoms with Crippen molar-refractivity contribution in [1.82, 2.24) is 9.78 Å². The van der Waals surface area contributed by atoms with Crippen molar-refractivity contribution in [3.05, 3.63) is 42.2 Å². The second-order valence-electron chi connectivity index (χ2n) is 5.16. The monoisotopic (exact) mass is 256 g/mol. The number of hydrogen-bond donors (Lipinski definition) is 1. The lowest BCUT2D eigenvalue weighted by atomic mass is 10.1. The Morgan fingerprint density at radius 1 is 1.26 bits per heavy atom. The molecule has 19 heavy (non-hydrogen) atoms. The molecule has 1 fully saturated rings. The molecule has 2 aromatic rings. The Bertz CT molecular complexity index is 582. The van der Waals surface area contributed by atoms with E-state index in [0.29, 0.717) is 0 Å². The first kappa shape index (κ1) is 12.0. The lowest BCUT2D eigenvalue weighted by Crippen LogP contribution is -1.99. The van der Waals surface area contributed by atoms with E-state index >= 15 is 0 Å². The van der Waals surface area contributed by atoms with Gasteiger partial charge in [-0.25, -0.2) is 0 Å². The fraction of sp³-hybridized carbons (Fsp3) is 0.333. The van der Waals surface area contributed by atoms with Gasteiger partial charge in [0.2, 0.25) is 0 Å². The van der Waals surface area contributed by atoms with Gasteiger partial charge in [0.05, 0.1) is 12.6 Å². The van der Waals surface area contributed by atoms with E-state index in [1.54, 1.807) is 0 Å². The normalized spacial score (nSPS) is 14.5. The molecule has 0 radical (unpaired) electrons. The van der Waals surface area contributed by atoms with Gasteiger partial charge in [-0.15, -0.1) is 0 Å². The number of hydrogen-bond acceptors (Lipinski definition) is 2. The molecule has 0 spiro atoms. The summed E-state index contributed by atoms with van der Waals surface area (Å²) >= 11 is 0. The van der Waals surface area contributed by atoms with E-state index in [1.807, 2.05) is 35.1 Å². The van der Waals surface area contributed by atoms with Crippen molar-refractivity contribution in [2.24, 2.45) is 5.92 Å². The highest BCUT2D eigenvalue weighted by molar-refractivity contribution is 5.71. The standard InChI is InChI=1S/C15H16N2O2/c18-15(19)7-11-3-5-13(6-4-11)14-8-16-17(10-14)9-12-1-2-12/h3-6,8,10,12H,1-2,7,9H2,(H,18,19). The molecule has 0 atom stereocenters. The first-order valence-electron chi connectivity index (χ1n) is 6.54. The maximum atomic E-state index is 10.6. The van der Waals surface area contributed by atoms with Gasteiger partial charge in [0, 0.05) is 18.3 Å². The van der Waals surface area contributed by atoms with Gasteiger partial charge in [0.15, 0.2) is 0 Å². The molecule has 1 N–H and O–H groups in total. The Morgan fingerprint density at radius 2 is 2.00 bits per heavy atom. The van der Waals surface area contributed by atoms with Gasteiger partial charge in [0.25, 0.3) is 0 Å². The quantitative estimate of drug-likeness (QED) is 0.894. The Kier molecular flexibility index (Phi) is 3.07. The summed E-state index contributed by atoms with van der Waals surface area (Å²) in [6.45, 7) is 1.01. The number of aliphatic carboxylic acids is 1. The number of nitrogens with zero attached hydrogens (tertiary/aromatic N) is 2. The molecule has 1 aromatic heterocycles. The van der Waals surface area contributed by atoms with Crippen molar-refractivity contribution in [2.75, 3.05) is 0 Å². The third-order valence-corrected chi connectivity index (χ3v) is 3.42. The first-order valence-corrected chi connectivity index (χ1v) is 6.54. The van der Waals surface area contributed by atoms with E-state index in [9.17, 15) is 4.79 Å². The third kappa shape index (κ3) is 3.02. The maximum Gasteiger partial charge on any atom is 0.307 e. The van der Waals surface area contributed by atoms with Crippen LogP contribution >= 0.6 is 0 Å². The van der Waals surface area contributed by atoms with Gasteiger partial charge in [-0.1, -0.05) is 24.3 Å². The highest BCUT2D eigenvalue weighted by Crippen LogP contribution is 2.30. The van der Waals surface area contributed by atoms with Crippen molar-refractivity contribution >= 4 is 5.97 Å². The van der Waals surface area contributed by atoms with E-state index in [1.165, 1.54) is 12.8 Å². The summed E-state index contributed by atoms with van der Waals surface area (Å²) in [5.41, 5.74) is 2.99. The second kappa shape index (κ2) is 4.88. The summed E-state index contributed by atoms with van der Waals surface area (Å²) in [6, 6.07) is 7.64. The van der Waals surface area contributed by atoms with Crippen LogP contribution in [0.1, 0.15) is 18.4 Å². The Labute approximate surface area is 111 Å². The number of carboxylic acid groups (broad SMARTS) is 1. The molecule has 0 saturated heterocycles. The largest absolute Gasteiger partial charge is 0.481 e. The average molecular weight is 256 g/mol. The Balaban J connectivity index is 1.73. The number of rotatable bonds is 5. The predicted molar refractivity (Wildman–Crippen MR) is 71.7 cm³/mol. The number of carbonyl (C=O) groups is 1. The molecule has 0 unspecified atom stereocenters. The molecule has 4 heteroatoms. The molecule has 3 rings (SSSR count). The summed E-state index contributed by atoms with van der Waals surface area (Å²) in [6.07, 6.45) is 6.64. The highest BCUT2D eigenvalue weighted by atomic mass is 16.4. The number of carboxylic acids is 1. The zero-order valence-electron chi connectivity index (χ0n) is 10.6. The van der Waals surface area contributed by atoms with Crippen molar-refractivity contribution in [2.45, 2.75) is 25.8 Å². The van der Waals surface area contributed by atoms with Crippen LogP contribution in [0.2, 0.25) is 0 Å². The third-order valence-electron chi connectivity index (χ3n) is 3.42. The minimum atomic E-state index is -0.801. The molecule has 1 aliphatic carbocycles. The molecule has 98 valence electrons. The van der Waals surface area contributed by atoms with E-state index < -0.39 is 5.97 Å². The predicted octanol–water partition coefficient (Wildman–Crippen LogP) is 2.59. The minimum Gasteiger partial charge on any atom is -0.481 e. The van der Waals surface area contributed by atoms with E-state index in [-0.39, 0.29) is 6.42 Å². The molecule has 0 aliphatic heterocycles. The summed E-state index contributed by atoms with van der Waals surface area (Å²) in [7, 11) is 0. The molecule has 1 saturated carbocycles. The minimum absolute atomic E-state index is 0.0707. The molecular formula is C15H16N2O2. The molecule has 0 bridgehead atoms. The van der Waals surface area contributed by atoms with Crippen molar-refractivity contribution in [1.29, 1.82) is 0 Å². The van der Waals surface area contributed by atoms with E-state index in [2.05, 4.69) is 11.3 Å². The van der Waals surface area contributed by atoms with Crippen molar-refractivity contribution in [3.8, 4) is 11.1 Å². The first-order chi connectivity index (χ1) is 9.20. The van der Waals surface area contributed by atoms with Gasteiger partial charge in [-0.2, -0.15) is 5.10 Å². The van der Waals surface area contributed by atoms with Crippen molar-refractivity contribution < 1.29 is 9.90 Å². The molecule has 0 amide bonds. The Hall–Kier alpha value is -2.10. The average Bonchev–Trinajstić information content (AvgIpc) is 3.06. The highest BCUT2D eigenvalue weighted by Gasteiger charge is 2.21. The second-order valence-corrected chi connectivity index (χ2v) is 5.16. The smallest absolute Gasteiger partial charge is 0.307 e. The summed E-state index contributed by atoms with van der Waals surface area (Å²) in [5, 5.41) is 13.1. The van der Waals surface area contributed by atoms with Crippen LogP contribution in [0, 0.1) is 5.92 Å². The number of benzene rings is 1. The molecule has 1 aromatic carbocycles. The molecule has 1 aliphatic rings. The van der Waals surface area contributed by atoms with Gasteiger partial charge in [-0.05, 0) is 29.9 Å². The maximum absolute atomic E-state index is 10.6. The van der Waals surface area contributed by atoms with Crippen LogP contribution in [0.4, 0.5) is 0 Å². The van der Waals surface area contributed by atoms with Crippen LogP contribution < -0.4 is 0 Å². The topological polar surface area (TPSA) is 55.1 Å². The van der Waals surface area contributed by atoms with Gasteiger partial charge in [-0.3, -0.25) is 9.48 Å². The van der Waals surface area contributed by atoms with Gasteiger partial charge < -0.3 is 5.11 Å². The van der Waals surface area contributed by atoms with Crippen LogP contribution in [0.15, 0.2) is 36.7 Å². The van der Waals surface area contributed by atoms with Crippen LogP contribution in [0.25, 0.3) is 11.1 Å². The van der Waals surface area contributed by atoms with Gasteiger partial charge >= 0.3 is 5.97 Å². The van der Waals surface area contributed by atoms with Crippen LogP contribution in [-0.4, -0.2) is 20.9 Å². The fourth-order valence-corrected chi connectivity index (χ4v) is 2.17. The molecule has 1 heterocycles. The van der Waals surface area contributed by atoms with E-state index in [4.69, 9.17) is 5.11 Å². The van der Waals surface area contributed by atoms with Crippen LogP contribution in [0.3, 0.4) is 0 Å². The lowest BCUT2D eigenvalue weighted by molar-refractivity contribution is -0.136. The lowest BCUT2D eigenvalue weighted by Gasteiger charge is -2.00. The van der Waals surface area contributed by atoms with E-state index in [0.717, 1.165) is 29.2 Å². The van der Waals surface area contributed by atoms with Crippen molar-refractivity contribution in [3.63, 3.8) is 0 Å². The molecule has 4 nitrogen and oxygen atoms in total. The van der Waals surface area contributed by atoms with Crippen LogP contribution in [-0.2, 0) is 17.8 Å². The fourth-order valence-electron chi connectivity index (χ4n) is 2.17. The summed E-state index contributed by atoms with van der Waals surface area (Å²) in [4.78, 5) is 10.6. The Morgan fingerprint density at radius 3 is 2.63 bits per heavy atom. The zero-order chi connectivity index (χ0) is 13.2. The number of aromatic nitrogens is 2. The van der Waals surface area contributed by atoms with Crippen LogP contribution in [0.5, 0.6) is 0 Å². The SMILES string of the molecule is O=C(O)Cc1ccc(-c2cnn(CC3CC3)c2)cc1. The summed E-state index contributed by atoms with van der Waals surface area (Å²) < 4.78 is 2.00. The van der Waals surface area contributed by atoms with Gasteiger partial charge in [0.1, 0.15) is 0 Å². The zero-order valence-corrected chi connectivity index (χ0v) is 10.6. The summed E-state index contributed by atoms with van der Waals surface area (Å²) in [5.74, 6) is 0.00990.